The standard InChI is InChI=1S/2C14H16N2O2.H2O2/c2*1-17-13-7-9(3-5-11(13)15)10-4-6-12(16)14(8-10)18-2;1-2/h2*3-8H,15-16H2,1-2H3;1-2H. The topological polar surface area (TPSA) is 181 Å². The van der Waals surface area contributed by atoms with Crippen LogP contribution in [0.4, 0.5) is 22.7 Å². The summed E-state index contributed by atoms with van der Waals surface area (Å²) >= 11 is 0. The number of benzene rings is 4. The molecule has 0 heterocycles. The van der Waals surface area contributed by atoms with E-state index >= 15 is 0 Å². The number of ether oxygens (including phenoxy) is 4. The Labute approximate surface area is 221 Å². The fraction of sp³-hybridized carbons (Fsp3) is 0.143. The molecular formula is C28H34N4O6. The minimum absolute atomic E-state index is 0.615. The van der Waals surface area contributed by atoms with Crippen LogP contribution in [0.1, 0.15) is 0 Å². The molecule has 0 aliphatic carbocycles. The second-order valence-corrected chi connectivity index (χ2v) is 7.83. The second kappa shape index (κ2) is 14.1. The molecular weight excluding hydrogens is 488 g/mol. The van der Waals surface area contributed by atoms with Crippen LogP contribution < -0.4 is 41.9 Å². The van der Waals surface area contributed by atoms with Gasteiger partial charge in [0.05, 0.1) is 51.2 Å². The Hall–Kier alpha value is -4.80. The van der Waals surface area contributed by atoms with Gasteiger partial charge in [-0.05, 0) is 70.8 Å². The fourth-order valence-electron chi connectivity index (χ4n) is 3.56. The van der Waals surface area contributed by atoms with Crippen LogP contribution in [-0.4, -0.2) is 39.0 Å². The number of nitrogens with two attached hydrogens (primary N) is 4. The van der Waals surface area contributed by atoms with E-state index in [4.69, 9.17) is 52.4 Å². The zero-order valence-electron chi connectivity index (χ0n) is 21.8. The Kier molecular flexibility index (Phi) is 10.9. The van der Waals surface area contributed by atoms with E-state index in [2.05, 4.69) is 0 Å². The van der Waals surface area contributed by atoms with Gasteiger partial charge in [0.2, 0.25) is 0 Å². The van der Waals surface area contributed by atoms with Crippen LogP contribution in [0.5, 0.6) is 23.0 Å². The summed E-state index contributed by atoms with van der Waals surface area (Å²) in [5.41, 5.74) is 29.6. The zero-order chi connectivity index (χ0) is 28.2. The number of methoxy groups -OCH3 is 4. The lowest BCUT2D eigenvalue weighted by atomic mass is 10.0. The maximum Gasteiger partial charge on any atom is 0.142 e. The predicted octanol–water partition coefficient (Wildman–Crippen LogP) is 5.09. The number of rotatable bonds is 6. The van der Waals surface area contributed by atoms with Crippen molar-refractivity contribution >= 4 is 22.7 Å². The van der Waals surface area contributed by atoms with Crippen molar-refractivity contribution in [2.45, 2.75) is 0 Å². The Balaban J connectivity index is 0.000000251. The molecule has 0 saturated carbocycles. The van der Waals surface area contributed by atoms with Crippen LogP contribution in [0.3, 0.4) is 0 Å². The van der Waals surface area contributed by atoms with Gasteiger partial charge in [0.1, 0.15) is 23.0 Å². The molecule has 0 aliphatic heterocycles. The van der Waals surface area contributed by atoms with Crippen LogP contribution in [0.2, 0.25) is 0 Å². The van der Waals surface area contributed by atoms with Crippen LogP contribution in [0, 0.1) is 0 Å². The molecule has 0 bridgehead atoms. The largest absolute Gasteiger partial charge is 0.495 e. The van der Waals surface area contributed by atoms with Gasteiger partial charge in [0.25, 0.3) is 0 Å². The van der Waals surface area contributed by atoms with E-state index in [9.17, 15) is 0 Å². The molecule has 202 valence electrons. The van der Waals surface area contributed by atoms with E-state index in [0.717, 1.165) is 22.3 Å². The molecule has 38 heavy (non-hydrogen) atoms. The molecule has 4 rings (SSSR count). The quantitative estimate of drug-likeness (QED) is 0.113. The second-order valence-electron chi connectivity index (χ2n) is 7.83. The molecule has 10 N–H and O–H groups in total. The molecule has 10 nitrogen and oxygen atoms in total. The molecule has 0 amide bonds. The number of anilines is 4. The summed E-state index contributed by atoms with van der Waals surface area (Å²) < 4.78 is 20.8. The van der Waals surface area contributed by atoms with E-state index in [-0.39, 0.29) is 0 Å². The highest BCUT2D eigenvalue weighted by atomic mass is 17.0. The first-order valence-electron chi connectivity index (χ1n) is 11.3. The van der Waals surface area contributed by atoms with Crippen molar-refractivity contribution in [1.82, 2.24) is 0 Å². The van der Waals surface area contributed by atoms with Gasteiger partial charge in [-0.15, -0.1) is 0 Å². The first-order chi connectivity index (χ1) is 18.3. The number of hydrogen-bond donors (Lipinski definition) is 6. The van der Waals surface area contributed by atoms with Gasteiger partial charge in [-0.3, -0.25) is 10.5 Å². The van der Waals surface area contributed by atoms with Crippen LogP contribution in [0.15, 0.2) is 72.8 Å². The third-order valence-electron chi connectivity index (χ3n) is 5.60. The van der Waals surface area contributed by atoms with Crippen molar-refractivity contribution in [1.29, 1.82) is 0 Å². The van der Waals surface area contributed by atoms with Crippen molar-refractivity contribution in [3.63, 3.8) is 0 Å². The molecule has 0 fully saturated rings. The van der Waals surface area contributed by atoms with Gasteiger partial charge in [-0.2, -0.15) is 0 Å². The maximum absolute atomic E-state index is 6.00. The molecule has 4 aromatic carbocycles. The van der Waals surface area contributed by atoms with E-state index in [0.29, 0.717) is 45.7 Å². The first kappa shape index (κ1) is 29.4. The lowest BCUT2D eigenvalue weighted by Crippen LogP contribution is -1.94. The van der Waals surface area contributed by atoms with Crippen LogP contribution >= 0.6 is 0 Å². The Bertz CT molecular complexity index is 1140. The molecule has 0 aromatic heterocycles. The van der Waals surface area contributed by atoms with Crippen molar-refractivity contribution in [2.24, 2.45) is 0 Å². The zero-order valence-corrected chi connectivity index (χ0v) is 21.8. The lowest BCUT2D eigenvalue weighted by molar-refractivity contribution is -0.176. The van der Waals surface area contributed by atoms with E-state index in [1.54, 1.807) is 28.4 Å². The van der Waals surface area contributed by atoms with Gasteiger partial charge < -0.3 is 41.9 Å². The molecule has 0 unspecified atom stereocenters. The molecule has 0 saturated heterocycles. The van der Waals surface area contributed by atoms with E-state index < -0.39 is 0 Å². The smallest absolute Gasteiger partial charge is 0.142 e. The monoisotopic (exact) mass is 522 g/mol. The molecule has 0 radical (unpaired) electrons. The van der Waals surface area contributed by atoms with Crippen LogP contribution in [-0.2, 0) is 0 Å². The Morgan fingerprint density at radius 2 is 0.579 bits per heavy atom. The van der Waals surface area contributed by atoms with E-state index in [1.807, 2.05) is 72.8 Å². The summed E-state index contributed by atoms with van der Waals surface area (Å²) in [6.45, 7) is 0. The van der Waals surface area contributed by atoms with Crippen molar-refractivity contribution in [3.05, 3.63) is 72.8 Å². The van der Waals surface area contributed by atoms with Gasteiger partial charge in [0.15, 0.2) is 0 Å². The highest BCUT2D eigenvalue weighted by Gasteiger charge is 2.07. The first-order valence-corrected chi connectivity index (χ1v) is 11.3. The molecule has 4 aromatic rings. The SMILES string of the molecule is COc1cc(-c2ccc(N)c(OC)c2)ccc1N.COc1cc(-c2ccc(N)c(OC)c2)ccc1N.OO. The maximum atomic E-state index is 6.00. The lowest BCUT2D eigenvalue weighted by Gasteiger charge is -2.10. The van der Waals surface area contributed by atoms with E-state index in [1.165, 1.54) is 0 Å². The van der Waals surface area contributed by atoms with Crippen molar-refractivity contribution in [3.8, 4) is 45.3 Å². The average molecular weight is 523 g/mol. The number of nitrogen functional groups attached to an aromatic ring is 4. The van der Waals surface area contributed by atoms with Crippen molar-refractivity contribution < 1.29 is 29.5 Å². The highest BCUT2D eigenvalue weighted by molar-refractivity contribution is 5.74. The van der Waals surface area contributed by atoms with Gasteiger partial charge in [-0.1, -0.05) is 24.3 Å². The normalized spacial score (nSPS) is 9.74. The summed E-state index contributed by atoms with van der Waals surface area (Å²) in [6, 6.07) is 22.6. The predicted molar refractivity (Wildman–Crippen MR) is 153 cm³/mol. The Morgan fingerprint density at radius 1 is 0.395 bits per heavy atom. The third kappa shape index (κ3) is 7.12. The van der Waals surface area contributed by atoms with Crippen LogP contribution in [0.25, 0.3) is 22.3 Å². The fourth-order valence-corrected chi connectivity index (χ4v) is 3.56. The summed E-state index contributed by atoms with van der Waals surface area (Å²) in [6.07, 6.45) is 0. The van der Waals surface area contributed by atoms with Gasteiger partial charge in [-0.25, -0.2) is 0 Å². The summed E-state index contributed by atoms with van der Waals surface area (Å²) in [7, 11) is 6.39. The highest BCUT2D eigenvalue weighted by Crippen LogP contribution is 2.34. The summed E-state index contributed by atoms with van der Waals surface area (Å²) in [5.74, 6) is 2.62. The molecule has 0 atom stereocenters. The van der Waals surface area contributed by atoms with Gasteiger partial charge in [0, 0.05) is 0 Å². The summed E-state index contributed by atoms with van der Waals surface area (Å²) in [4.78, 5) is 0. The molecule has 0 spiro atoms. The minimum Gasteiger partial charge on any atom is -0.495 e. The third-order valence-corrected chi connectivity index (χ3v) is 5.60. The molecule has 10 heteroatoms. The van der Waals surface area contributed by atoms with Crippen molar-refractivity contribution in [2.75, 3.05) is 51.4 Å². The summed E-state index contributed by atoms with van der Waals surface area (Å²) in [5, 5.41) is 12.0. The van der Waals surface area contributed by atoms with Gasteiger partial charge >= 0.3 is 0 Å². The number of hydrogen-bond acceptors (Lipinski definition) is 10. The minimum atomic E-state index is 0.615. The Morgan fingerprint density at radius 3 is 0.737 bits per heavy atom. The average Bonchev–Trinajstić information content (AvgIpc) is 2.95. The molecule has 0 aliphatic rings.